The lowest BCUT2D eigenvalue weighted by Gasteiger charge is -2.07. The maximum atomic E-state index is 10.9. The highest BCUT2D eigenvalue weighted by Crippen LogP contribution is 2.32. The fourth-order valence-corrected chi connectivity index (χ4v) is 1.74. The molecule has 1 aromatic heterocycles. The molecule has 16 heavy (non-hydrogen) atoms. The highest BCUT2D eigenvalue weighted by atomic mass is 35.5. The number of carbonyl (C=O) groups excluding carboxylic acids is 1. The standard InChI is InChI=1S/C11H14ClN3O/c12-9-5-8(10(13)16)6-15-11(9)14-4-3-7-1-2-7/h5-7H,1-4H2,(H2,13,16)(H,14,15). The number of pyridine rings is 1. The molecule has 4 nitrogen and oxygen atoms in total. The summed E-state index contributed by atoms with van der Waals surface area (Å²) in [4.78, 5) is 15.0. The Hall–Kier alpha value is -1.29. The number of hydrogen-bond acceptors (Lipinski definition) is 3. The second-order valence-electron chi connectivity index (χ2n) is 4.08. The van der Waals surface area contributed by atoms with Gasteiger partial charge in [-0.25, -0.2) is 4.98 Å². The van der Waals surface area contributed by atoms with E-state index in [0.29, 0.717) is 16.4 Å². The van der Waals surface area contributed by atoms with E-state index in [4.69, 9.17) is 17.3 Å². The molecule has 2 rings (SSSR count). The van der Waals surface area contributed by atoms with E-state index in [1.165, 1.54) is 25.1 Å². The fraction of sp³-hybridized carbons (Fsp3) is 0.455. The molecule has 1 aromatic rings. The molecule has 0 bridgehead atoms. The number of nitrogens with one attached hydrogen (secondary N) is 1. The predicted molar refractivity (Wildman–Crippen MR) is 63.6 cm³/mol. The average molecular weight is 240 g/mol. The Kier molecular flexibility index (Phi) is 3.29. The molecule has 1 saturated carbocycles. The zero-order valence-electron chi connectivity index (χ0n) is 8.87. The number of nitrogens with two attached hydrogens (primary N) is 1. The first-order valence-corrected chi connectivity index (χ1v) is 5.74. The number of rotatable bonds is 5. The molecule has 0 aromatic carbocycles. The minimum atomic E-state index is -0.515. The topological polar surface area (TPSA) is 68.0 Å². The van der Waals surface area contributed by atoms with Crippen LogP contribution in [0.2, 0.25) is 5.02 Å². The molecule has 86 valence electrons. The molecule has 0 saturated heterocycles. The molecule has 0 aliphatic heterocycles. The van der Waals surface area contributed by atoms with Crippen LogP contribution < -0.4 is 11.1 Å². The van der Waals surface area contributed by atoms with Gasteiger partial charge in [0.1, 0.15) is 5.82 Å². The molecule has 1 aliphatic carbocycles. The SMILES string of the molecule is NC(=O)c1cnc(NCCC2CC2)c(Cl)c1. The summed E-state index contributed by atoms with van der Waals surface area (Å²) in [6, 6.07) is 1.54. The largest absolute Gasteiger partial charge is 0.369 e. The lowest BCUT2D eigenvalue weighted by molar-refractivity contribution is 0.1000. The van der Waals surface area contributed by atoms with Gasteiger partial charge < -0.3 is 11.1 Å². The molecular formula is C11H14ClN3O. The fourth-order valence-electron chi connectivity index (χ4n) is 1.50. The highest BCUT2D eigenvalue weighted by Gasteiger charge is 2.20. The molecule has 0 radical (unpaired) electrons. The summed E-state index contributed by atoms with van der Waals surface area (Å²) in [5.41, 5.74) is 5.45. The van der Waals surface area contributed by atoms with Gasteiger partial charge in [-0.05, 0) is 18.4 Å². The first kappa shape index (κ1) is 11.2. The molecule has 0 atom stereocenters. The lowest BCUT2D eigenvalue weighted by Crippen LogP contribution is -2.12. The first-order chi connectivity index (χ1) is 7.66. The van der Waals surface area contributed by atoms with Crippen LogP contribution >= 0.6 is 11.6 Å². The third-order valence-corrected chi connectivity index (χ3v) is 2.96. The summed E-state index contributed by atoms with van der Waals surface area (Å²) in [6.45, 7) is 0.868. The summed E-state index contributed by atoms with van der Waals surface area (Å²) in [5, 5.41) is 3.59. The Morgan fingerprint density at radius 1 is 1.62 bits per heavy atom. The van der Waals surface area contributed by atoms with E-state index in [9.17, 15) is 4.79 Å². The summed E-state index contributed by atoms with van der Waals surface area (Å²) in [7, 11) is 0. The number of amides is 1. The van der Waals surface area contributed by atoms with Crippen molar-refractivity contribution in [2.75, 3.05) is 11.9 Å². The van der Waals surface area contributed by atoms with E-state index in [2.05, 4.69) is 10.3 Å². The van der Waals surface area contributed by atoms with E-state index in [1.54, 1.807) is 0 Å². The Morgan fingerprint density at radius 3 is 2.94 bits per heavy atom. The monoisotopic (exact) mass is 239 g/mol. The second-order valence-corrected chi connectivity index (χ2v) is 4.48. The van der Waals surface area contributed by atoms with Crippen LogP contribution in [0.4, 0.5) is 5.82 Å². The molecule has 5 heteroatoms. The summed E-state index contributed by atoms with van der Waals surface area (Å²) in [5.74, 6) is 0.974. The maximum absolute atomic E-state index is 10.9. The molecule has 3 N–H and O–H groups in total. The van der Waals surface area contributed by atoms with Gasteiger partial charge in [0, 0.05) is 12.7 Å². The number of anilines is 1. The van der Waals surface area contributed by atoms with Crippen LogP contribution in [0.25, 0.3) is 0 Å². The second kappa shape index (κ2) is 4.70. The zero-order valence-corrected chi connectivity index (χ0v) is 9.63. The average Bonchev–Trinajstić information content (AvgIpc) is 3.04. The van der Waals surface area contributed by atoms with Crippen molar-refractivity contribution in [2.24, 2.45) is 11.7 Å². The zero-order chi connectivity index (χ0) is 11.5. The molecular weight excluding hydrogens is 226 g/mol. The van der Waals surface area contributed by atoms with Gasteiger partial charge in [0.05, 0.1) is 10.6 Å². The molecule has 1 fully saturated rings. The van der Waals surface area contributed by atoms with Crippen LogP contribution in [0.3, 0.4) is 0 Å². The molecule has 0 unspecified atom stereocenters. The van der Waals surface area contributed by atoms with E-state index in [0.717, 1.165) is 18.9 Å². The van der Waals surface area contributed by atoms with E-state index < -0.39 is 5.91 Å². The van der Waals surface area contributed by atoms with Crippen LogP contribution in [0.15, 0.2) is 12.3 Å². The molecule has 0 spiro atoms. The van der Waals surface area contributed by atoms with Crippen molar-refractivity contribution in [2.45, 2.75) is 19.3 Å². The van der Waals surface area contributed by atoms with E-state index in [-0.39, 0.29) is 0 Å². The van der Waals surface area contributed by atoms with Crippen LogP contribution in [0.1, 0.15) is 29.6 Å². The number of hydrogen-bond donors (Lipinski definition) is 2. The number of carbonyl (C=O) groups is 1. The van der Waals surface area contributed by atoms with Gasteiger partial charge in [0.2, 0.25) is 5.91 Å². The summed E-state index contributed by atoms with van der Waals surface area (Å²) >= 11 is 5.97. The van der Waals surface area contributed by atoms with Crippen molar-refractivity contribution in [3.63, 3.8) is 0 Å². The lowest BCUT2D eigenvalue weighted by atomic mass is 10.2. The Balaban J connectivity index is 1.95. The van der Waals surface area contributed by atoms with E-state index in [1.807, 2.05) is 0 Å². The van der Waals surface area contributed by atoms with Gasteiger partial charge in [-0.1, -0.05) is 24.4 Å². The van der Waals surface area contributed by atoms with Crippen LogP contribution in [-0.4, -0.2) is 17.4 Å². The van der Waals surface area contributed by atoms with E-state index >= 15 is 0 Å². The first-order valence-electron chi connectivity index (χ1n) is 5.36. The van der Waals surface area contributed by atoms with Crippen molar-refractivity contribution in [3.8, 4) is 0 Å². The van der Waals surface area contributed by atoms with Gasteiger partial charge >= 0.3 is 0 Å². The van der Waals surface area contributed by atoms with Crippen LogP contribution in [0, 0.1) is 5.92 Å². The Bertz CT molecular complexity index is 404. The minimum Gasteiger partial charge on any atom is -0.369 e. The van der Waals surface area contributed by atoms with Crippen LogP contribution in [0.5, 0.6) is 0 Å². The van der Waals surface area contributed by atoms with Crippen molar-refractivity contribution in [1.29, 1.82) is 0 Å². The number of halogens is 1. The minimum absolute atomic E-state index is 0.331. The smallest absolute Gasteiger partial charge is 0.250 e. The summed E-state index contributed by atoms with van der Waals surface area (Å²) < 4.78 is 0. The van der Waals surface area contributed by atoms with Crippen molar-refractivity contribution >= 4 is 23.3 Å². The Morgan fingerprint density at radius 2 is 2.38 bits per heavy atom. The van der Waals surface area contributed by atoms with Gasteiger partial charge in [-0.3, -0.25) is 4.79 Å². The van der Waals surface area contributed by atoms with Crippen molar-refractivity contribution in [1.82, 2.24) is 4.98 Å². The van der Waals surface area contributed by atoms with Crippen molar-refractivity contribution in [3.05, 3.63) is 22.8 Å². The normalized spacial score (nSPS) is 14.8. The Labute approximate surface area is 99.2 Å². The molecule has 1 aliphatic rings. The van der Waals surface area contributed by atoms with Gasteiger partial charge in [0.25, 0.3) is 0 Å². The molecule has 1 heterocycles. The maximum Gasteiger partial charge on any atom is 0.250 e. The number of aromatic nitrogens is 1. The quantitative estimate of drug-likeness (QED) is 0.826. The third-order valence-electron chi connectivity index (χ3n) is 2.67. The summed E-state index contributed by atoms with van der Waals surface area (Å²) in [6.07, 6.45) is 5.26. The van der Waals surface area contributed by atoms with Gasteiger partial charge in [-0.2, -0.15) is 0 Å². The third kappa shape index (κ3) is 2.85. The van der Waals surface area contributed by atoms with Gasteiger partial charge in [0.15, 0.2) is 0 Å². The number of primary amides is 1. The molecule has 1 amide bonds. The predicted octanol–water partition coefficient (Wildman–Crippen LogP) is 2.05. The number of nitrogens with zero attached hydrogens (tertiary/aromatic N) is 1. The highest BCUT2D eigenvalue weighted by molar-refractivity contribution is 6.33. The van der Waals surface area contributed by atoms with Crippen molar-refractivity contribution < 1.29 is 4.79 Å². The van der Waals surface area contributed by atoms with Crippen LogP contribution in [-0.2, 0) is 0 Å². The van der Waals surface area contributed by atoms with Gasteiger partial charge in [-0.15, -0.1) is 0 Å².